The van der Waals surface area contributed by atoms with Crippen LogP contribution in [-0.4, -0.2) is 59.3 Å². The second-order valence-electron chi connectivity index (χ2n) is 5.72. The molecule has 0 spiro atoms. The molecule has 3 heterocycles. The standard InChI is InChI=1S/C16H22N6O2/c1-12(2)24-15-14(17-6-7-18-15)21-8-10-22(11-9-21)16-19-5-4-13(20-16)23-3/h4-7,12H,8-11H2,1-3H3. The number of ether oxygens (including phenoxy) is 2. The first-order valence-corrected chi connectivity index (χ1v) is 8.02. The van der Waals surface area contributed by atoms with E-state index < -0.39 is 0 Å². The fourth-order valence-corrected chi connectivity index (χ4v) is 2.56. The summed E-state index contributed by atoms with van der Waals surface area (Å²) in [7, 11) is 1.61. The van der Waals surface area contributed by atoms with Gasteiger partial charge >= 0.3 is 0 Å². The molecule has 1 aliphatic rings. The molecule has 2 aromatic rings. The third kappa shape index (κ3) is 3.64. The Morgan fingerprint density at radius 1 is 0.958 bits per heavy atom. The lowest BCUT2D eigenvalue weighted by atomic mass is 10.3. The van der Waals surface area contributed by atoms with Gasteiger partial charge in [0.25, 0.3) is 5.88 Å². The number of aromatic nitrogens is 4. The normalized spacial score (nSPS) is 14.8. The summed E-state index contributed by atoms with van der Waals surface area (Å²) in [6, 6.07) is 1.74. The average molecular weight is 330 g/mol. The molecule has 3 rings (SSSR count). The van der Waals surface area contributed by atoms with Crippen molar-refractivity contribution >= 4 is 11.8 Å². The number of nitrogens with zero attached hydrogens (tertiary/aromatic N) is 6. The van der Waals surface area contributed by atoms with E-state index in [-0.39, 0.29) is 6.10 Å². The van der Waals surface area contributed by atoms with E-state index >= 15 is 0 Å². The van der Waals surface area contributed by atoms with Gasteiger partial charge in [0.15, 0.2) is 5.82 Å². The van der Waals surface area contributed by atoms with E-state index in [1.165, 1.54) is 0 Å². The molecule has 0 amide bonds. The molecular weight excluding hydrogens is 308 g/mol. The SMILES string of the molecule is COc1ccnc(N2CCN(c3nccnc3OC(C)C)CC2)n1. The van der Waals surface area contributed by atoms with Crippen molar-refractivity contribution in [2.24, 2.45) is 0 Å². The van der Waals surface area contributed by atoms with E-state index in [4.69, 9.17) is 9.47 Å². The van der Waals surface area contributed by atoms with Crippen molar-refractivity contribution in [3.63, 3.8) is 0 Å². The first-order valence-electron chi connectivity index (χ1n) is 8.02. The molecule has 0 N–H and O–H groups in total. The van der Waals surface area contributed by atoms with E-state index in [0.29, 0.717) is 17.7 Å². The minimum atomic E-state index is 0.0620. The molecule has 8 heteroatoms. The summed E-state index contributed by atoms with van der Waals surface area (Å²) in [5.41, 5.74) is 0. The predicted octanol–water partition coefficient (Wildman–Crippen LogP) is 1.39. The van der Waals surface area contributed by atoms with Crippen molar-refractivity contribution in [2.45, 2.75) is 20.0 Å². The molecule has 0 atom stereocenters. The summed E-state index contributed by atoms with van der Waals surface area (Å²) < 4.78 is 10.9. The molecule has 0 radical (unpaired) electrons. The van der Waals surface area contributed by atoms with E-state index in [1.807, 2.05) is 13.8 Å². The molecule has 2 aromatic heterocycles. The lowest BCUT2D eigenvalue weighted by molar-refractivity contribution is 0.232. The van der Waals surface area contributed by atoms with Gasteiger partial charge in [0.2, 0.25) is 11.8 Å². The third-order valence-electron chi connectivity index (χ3n) is 3.68. The van der Waals surface area contributed by atoms with Crippen LogP contribution in [0.5, 0.6) is 11.8 Å². The van der Waals surface area contributed by atoms with Gasteiger partial charge in [-0.3, -0.25) is 0 Å². The third-order valence-corrected chi connectivity index (χ3v) is 3.68. The van der Waals surface area contributed by atoms with Crippen molar-refractivity contribution < 1.29 is 9.47 Å². The summed E-state index contributed by atoms with van der Waals surface area (Å²) in [6.45, 7) is 7.16. The van der Waals surface area contributed by atoms with Crippen LogP contribution in [0.1, 0.15) is 13.8 Å². The van der Waals surface area contributed by atoms with E-state index in [9.17, 15) is 0 Å². The Morgan fingerprint density at radius 3 is 2.38 bits per heavy atom. The Balaban J connectivity index is 1.69. The van der Waals surface area contributed by atoms with E-state index in [2.05, 4.69) is 29.7 Å². The highest BCUT2D eigenvalue weighted by Crippen LogP contribution is 2.25. The van der Waals surface area contributed by atoms with Crippen LogP contribution in [0.4, 0.5) is 11.8 Å². The number of anilines is 2. The van der Waals surface area contributed by atoms with Crippen molar-refractivity contribution in [1.82, 2.24) is 19.9 Å². The highest BCUT2D eigenvalue weighted by molar-refractivity contribution is 5.49. The largest absolute Gasteiger partial charge is 0.481 e. The highest BCUT2D eigenvalue weighted by atomic mass is 16.5. The Morgan fingerprint density at radius 2 is 1.67 bits per heavy atom. The molecule has 1 aliphatic heterocycles. The minimum Gasteiger partial charge on any atom is -0.481 e. The summed E-state index contributed by atoms with van der Waals surface area (Å²) in [4.78, 5) is 21.8. The maximum Gasteiger partial charge on any atom is 0.257 e. The molecule has 0 saturated carbocycles. The number of hydrogen-bond donors (Lipinski definition) is 0. The molecule has 24 heavy (non-hydrogen) atoms. The van der Waals surface area contributed by atoms with Crippen molar-refractivity contribution in [1.29, 1.82) is 0 Å². The quantitative estimate of drug-likeness (QED) is 0.814. The fraction of sp³-hybridized carbons (Fsp3) is 0.500. The number of hydrogen-bond acceptors (Lipinski definition) is 8. The summed E-state index contributed by atoms with van der Waals surface area (Å²) >= 11 is 0. The zero-order chi connectivity index (χ0) is 16.9. The van der Waals surface area contributed by atoms with Gasteiger partial charge in [-0.1, -0.05) is 0 Å². The topological polar surface area (TPSA) is 76.5 Å². The Kier molecular flexibility index (Phi) is 4.93. The molecular formula is C16H22N6O2. The molecule has 8 nitrogen and oxygen atoms in total. The number of piperazine rings is 1. The molecule has 0 bridgehead atoms. The van der Waals surface area contributed by atoms with Crippen LogP contribution >= 0.6 is 0 Å². The van der Waals surface area contributed by atoms with E-state index in [1.54, 1.807) is 31.8 Å². The van der Waals surface area contributed by atoms with Gasteiger partial charge in [0, 0.05) is 50.8 Å². The molecule has 0 aliphatic carbocycles. The summed E-state index contributed by atoms with van der Waals surface area (Å²) in [5, 5.41) is 0. The molecule has 0 unspecified atom stereocenters. The fourth-order valence-electron chi connectivity index (χ4n) is 2.56. The maximum absolute atomic E-state index is 5.77. The second kappa shape index (κ2) is 7.29. The maximum atomic E-state index is 5.77. The van der Waals surface area contributed by atoms with Crippen LogP contribution in [0, 0.1) is 0 Å². The molecule has 128 valence electrons. The Hall–Kier alpha value is -2.64. The van der Waals surface area contributed by atoms with Gasteiger partial charge in [-0.2, -0.15) is 4.98 Å². The average Bonchev–Trinajstić information content (AvgIpc) is 2.62. The predicted molar refractivity (Wildman–Crippen MR) is 90.8 cm³/mol. The summed E-state index contributed by atoms with van der Waals surface area (Å²) in [6.07, 6.45) is 5.12. The lowest BCUT2D eigenvalue weighted by Crippen LogP contribution is -2.47. The van der Waals surface area contributed by atoms with Crippen LogP contribution in [-0.2, 0) is 0 Å². The number of rotatable bonds is 5. The Bertz CT molecular complexity index is 673. The van der Waals surface area contributed by atoms with Crippen molar-refractivity contribution in [3.8, 4) is 11.8 Å². The first-order chi connectivity index (χ1) is 11.7. The Labute approximate surface area is 141 Å². The smallest absolute Gasteiger partial charge is 0.257 e. The van der Waals surface area contributed by atoms with Crippen LogP contribution in [0.25, 0.3) is 0 Å². The van der Waals surface area contributed by atoms with Gasteiger partial charge in [0.1, 0.15) is 0 Å². The van der Waals surface area contributed by atoms with Gasteiger partial charge < -0.3 is 19.3 Å². The van der Waals surface area contributed by atoms with Crippen LogP contribution in [0.3, 0.4) is 0 Å². The van der Waals surface area contributed by atoms with Crippen LogP contribution in [0.15, 0.2) is 24.7 Å². The minimum absolute atomic E-state index is 0.0620. The van der Waals surface area contributed by atoms with Gasteiger partial charge in [-0.25, -0.2) is 15.0 Å². The monoisotopic (exact) mass is 330 g/mol. The molecule has 1 saturated heterocycles. The zero-order valence-electron chi connectivity index (χ0n) is 14.2. The zero-order valence-corrected chi connectivity index (χ0v) is 14.2. The van der Waals surface area contributed by atoms with Gasteiger partial charge in [-0.15, -0.1) is 0 Å². The van der Waals surface area contributed by atoms with Crippen LogP contribution < -0.4 is 19.3 Å². The van der Waals surface area contributed by atoms with Crippen LogP contribution in [0.2, 0.25) is 0 Å². The lowest BCUT2D eigenvalue weighted by Gasteiger charge is -2.35. The first kappa shape index (κ1) is 16.2. The van der Waals surface area contributed by atoms with Crippen molar-refractivity contribution in [2.75, 3.05) is 43.1 Å². The molecule has 1 fully saturated rings. The molecule has 0 aromatic carbocycles. The highest BCUT2D eigenvalue weighted by Gasteiger charge is 2.23. The van der Waals surface area contributed by atoms with Gasteiger partial charge in [0.05, 0.1) is 13.2 Å². The van der Waals surface area contributed by atoms with Crippen molar-refractivity contribution in [3.05, 3.63) is 24.7 Å². The van der Waals surface area contributed by atoms with Gasteiger partial charge in [-0.05, 0) is 13.8 Å². The van der Waals surface area contributed by atoms with E-state index in [0.717, 1.165) is 32.0 Å². The number of methoxy groups -OCH3 is 1. The summed E-state index contributed by atoms with van der Waals surface area (Å²) in [5.74, 6) is 2.63. The second-order valence-corrected chi connectivity index (χ2v) is 5.72.